The lowest BCUT2D eigenvalue weighted by Gasteiger charge is -2.15. The number of fused-ring (bicyclic) bond motifs is 1. The fourth-order valence-corrected chi connectivity index (χ4v) is 4.26. The highest BCUT2D eigenvalue weighted by Crippen LogP contribution is 2.20. The number of amides is 1. The normalized spacial score (nSPS) is 11.9. The summed E-state index contributed by atoms with van der Waals surface area (Å²) in [5, 5.41) is 3.93. The summed E-state index contributed by atoms with van der Waals surface area (Å²) >= 11 is 1.24. The van der Waals surface area contributed by atoms with Gasteiger partial charge in [0.05, 0.1) is 16.8 Å². The second-order valence-corrected chi connectivity index (χ2v) is 8.47. The van der Waals surface area contributed by atoms with Crippen LogP contribution in [-0.2, 0) is 11.2 Å². The first-order valence-corrected chi connectivity index (χ1v) is 11.5. The summed E-state index contributed by atoms with van der Waals surface area (Å²) in [5.41, 5.74) is 2.13. The van der Waals surface area contributed by atoms with Crippen LogP contribution in [0.25, 0.3) is 16.7 Å². The molecule has 0 fully saturated rings. The molecule has 2 aromatic heterocycles. The van der Waals surface area contributed by atoms with Gasteiger partial charge in [-0.05, 0) is 49.6 Å². The van der Waals surface area contributed by atoms with Gasteiger partial charge in [0.2, 0.25) is 5.91 Å². The molecule has 1 amide bonds. The number of nitrogens with zero attached hydrogens (tertiary/aromatic N) is 3. The number of aryl methyl sites for hydroxylation is 1. The molecule has 0 bridgehead atoms. The number of hydrogen-bond acceptors (Lipinski definition) is 5. The minimum absolute atomic E-state index is 0.0471. The minimum Gasteiger partial charge on any atom is -0.353 e. The van der Waals surface area contributed by atoms with E-state index in [1.807, 2.05) is 55.5 Å². The van der Waals surface area contributed by atoms with E-state index in [0.29, 0.717) is 21.9 Å². The van der Waals surface area contributed by atoms with E-state index in [9.17, 15) is 9.59 Å². The van der Waals surface area contributed by atoms with Crippen molar-refractivity contribution in [3.8, 4) is 5.69 Å². The van der Waals surface area contributed by atoms with Crippen molar-refractivity contribution < 1.29 is 4.79 Å². The Bertz CT molecular complexity index is 1260. The Morgan fingerprint density at radius 1 is 1.03 bits per heavy atom. The van der Waals surface area contributed by atoms with Crippen molar-refractivity contribution in [1.29, 1.82) is 0 Å². The molecule has 7 heteroatoms. The van der Waals surface area contributed by atoms with Crippen LogP contribution < -0.4 is 10.9 Å². The summed E-state index contributed by atoms with van der Waals surface area (Å²) in [6, 6.07) is 23.0. The molecule has 0 radical (unpaired) electrons. The number of carbonyl (C=O) groups excluding carboxylic acids is 1. The molecule has 2 heterocycles. The average molecular weight is 445 g/mol. The van der Waals surface area contributed by atoms with Crippen molar-refractivity contribution in [2.45, 2.75) is 31.0 Å². The van der Waals surface area contributed by atoms with Gasteiger partial charge >= 0.3 is 0 Å². The van der Waals surface area contributed by atoms with Gasteiger partial charge in [-0.1, -0.05) is 60.3 Å². The molecule has 1 atom stereocenters. The number of aromatic nitrogens is 3. The first-order chi connectivity index (χ1) is 15.6. The highest BCUT2D eigenvalue weighted by Gasteiger charge is 2.16. The second kappa shape index (κ2) is 10.2. The predicted molar refractivity (Wildman–Crippen MR) is 128 cm³/mol. The number of rotatable bonds is 8. The smallest absolute Gasteiger partial charge is 0.268 e. The van der Waals surface area contributed by atoms with Crippen LogP contribution in [0.1, 0.15) is 18.9 Å². The maximum atomic E-state index is 13.2. The summed E-state index contributed by atoms with van der Waals surface area (Å²) < 4.78 is 1.54. The fraction of sp³-hybridized carbons (Fsp3) is 0.200. The Morgan fingerprint density at radius 2 is 1.75 bits per heavy atom. The van der Waals surface area contributed by atoms with E-state index in [1.165, 1.54) is 17.3 Å². The van der Waals surface area contributed by atoms with Crippen molar-refractivity contribution in [2.24, 2.45) is 0 Å². The Labute approximate surface area is 190 Å². The second-order valence-electron chi connectivity index (χ2n) is 7.53. The summed E-state index contributed by atoms with van der Waals surface area (Å²) in [4.78, 5) is 34.5. The van der Waals surface area contributed by atoms with Crippen molar-refractivity contribution in [1.82, 2.24) is 19.9 Å². The van der Waals surface area contributed by atoms with E-state index in [0.717, 1.165) is 12.8 Å². The molecular formula is C25H24N4O2S. The molecule has 4 aromatic rings. The van der Waals surface area contributed by atoms with Crippen LogP contribution >= 0.6 is 11.8 Å². The number of hydrogen-bond donors (Lipinski definition) is 1. The molecule has 6 nitrogen and oxygen atoms in total. The third-order valence-corrected chi connectivity index (χ3v) is 6.01. The molecule has 32 heavy (non-hydrogen) atoms. The van der Waals surface area contributed by atoms with Gasteiger partial charge in [0.25, 0.3) is 5.56 Å². The van der Waals surface area contributed by atoms with Crippen molar-refractivity contribution in [3.05, 3.63) is 94.9 Å². The fourth-order valence-electron chi connectivity index (χ4n) is 3.45. The molecule has 4 rings (SSSR count). The standard InChI is InChI=1S/C25H24N4O2S/c1-18(14-15-19-9-4-2-5-10-19)27-22(30)17-32-25-28-23-21(13-8-16-26-23)24(31)29(25)20-11-6-3-7-12-20/h2-13,16,18H,14-15,17H2,1H3,(H,27,30)/t18-/m0/s1. The largest absolute Gasteiger partial charge is 0.353 e. The zero-order chi connectivity index (χ0) is 22.3. The van der Waals surface area contributed by atoms with E-state index in [4.69, 9.17) is 0 Å². The lowest BCUT2D eigenvalue weighted by molar-refractivity contribution is -0.119. The van der Waals surface area contributed by atoms with E-state index < -0.39 is 0 Å². The van der Waals surface area contributed by atoms with Crippen LogP contribution in [-0.4, -0.2) is 32.2 Å². The SMILES string of the molecule is C[C@@H](CCc1ccccc1)NC(=O)CSc1nc2ncccc2c(=O)n1-c1ccccc1. The monoisotopic (exact) mass is 444 g/mol. The van der Waals surface area contributed by atoms with Gasteiger partial charge in [0, 0.05) is 12.2 Å². The molecule has 0 saturated carbocycles. The highest BCUT2D eigenvalue weighted by molar-refractivity contribution is 7.99. The van der Waals surface area contributed by atoms with Gasteiger partial charge in [-0.2, -0.15) is 0 Å². The number of nitrogens with one attached hydrogen (secondary N) is 1. The summed E-state index contributed by atoms with van der Waals surface area (Å²) in [6.07, 6.45) is 3.37. The molecule has 1 N–H and O–H groups in total. The third kappa shape index (κ3) is 5.23. The quantitative estimate of drug-likeness (QED) is 0.328. The lowest BCUT2D eigenvalue weighted by atomic mass is 10.1. The van der Waals surface area contributed by atoms with Crippen LogP contribution in [0.4, 0.5) is 0 Å². The zero-order valence-corrected chi connectivity index (χ0v) is 18.6. The van der Waals surface area contributed by atoms with Gasteiger partial charge in [0.15, 0.2) is 10.8 Å². The number of pyridine rings is 1. The molecule has 0 aliphatic carbocycles. The van der Waals surface area contributed by atoms with Crippen LogP contribution in [0.2, 0.25) is 0 Å². The van der Waals surface area contributed by atoms with Gasteiger partial charge in [-0.15, -0.1) is 0 Å². The summed E-state index contributed by atoms with van der Waals surface area (Å²) in [5.74, 6) is 0.0679. The van der Waals surface area contributed by atoms with E-state index in [1.54, 1.807) is 22.9 Å². The van der Waals surface area contributed by atoms with E-state index in [2.05, 4.69) is 27.4 Å². The van der Waals surface area contributed by atoms with Crippen LogP contribution in [0, 0.1) is 0 Å². The summed E-state index contributed by atoms with van der Waals surface area (Å²) in [6.45, 7) is 2.00. The van der Waals surface area contributed by atoms with Gasteiger partial charge in [-0.3, -0.25) is 14.2 Å². The number of thioether (sulfide) groups is 1. The topological polar surface area (TPSA) is 76.9 Å². The van der Waals surface area contributed by atoms with E-state index in [-0.39, 0.29) is 23.3 Å². The lowest BCUT2D eigenvalue weighted by Crippen LogP contribution is -2.34. The number of benzene rings is 2. The molecule has 0 spiro atoms. The molecule has 162 valence electrons. The number of para-hydroxylation sites is 1. The Hall–Kier alpha value is -3.45. The van der Waals surface area contributed by atoms with Crippen molar-refractivity contribution >= 4 is 28.7 Å². The molecule has 0 saturated heterocycles. The zero-order valence-electron chi connectivity index (χ0n) is 17.8. The van der Waals surface area contributed by atoms with Crippen molar-refractivity contribution in [2.75, 3.05) is 5.75 Å². The first kappa shape index (κ1) is 21.8. The summed E-state index contributed by atoms with van der Waals surface area (Å²) in [7, 11) is 0. The molecular weight excluding hydrogens is 420 g/mol. The molecule has 0 unspecified atom stereocenters. The Morgan fingerprint density at radius 3 is 2.50 bits per heavy atom. The Balaban J connectivity index is 1.47. The van der Waals surface area contributed by atoms with Gasteiger partial charge in [0.1, 0.15) is 0 Å². The van der Waals surface area contributed by atoms with Crippen LogP contribution in [0.15, 0.2) is 88.9 Å². The maximum Gasteiger partial charge on any atom is 0.268 e. The molecule has 2 aromatic carbocycles. The van der Waals surface area contributed by atoms with Crippen molar-refractivity contribution in [3.63, 3.8) is 0 Å². The van der Waals surface area contributed by atoms with Gasteiger partial charge < -0.3 is 5.32 Å². The average Bonchev–Trinajstić information content (AvgIpc) is 2.83. The molecule has 0 aliphatic heterocycles. The van der Waals surface area contributed by atoms with Crippen LogP contribution in [0.5, 0.6) is 0 Å². The highest BCUT2D eigenvalue weighted by atomic mass is 32.2. The first-order valence-electron chi connectivity index (χ1n) is 10.5. The third-order valence-electron chi connectivity index (χ3n) is 5.08. The maximum absolute atomic E-state index is 13.2. The van der Waals surface area contributed by atoms with E-state index >= 15 is 0 Å². The molecule has 0 aliphatic rings. The predicted octanol–water partition coefficient (Wildman–Crippen LogP) is 4.01. The Kier molecular flexibility index (Phi) is 6.97. The minimum atomic E-state index is -0.201. The van der Waals surface area contributed by atoms with Gasteiger partial charge in [-0.25, -0.2) is 9.97 Å². The number of carbonyl (C=O) groups is 1. The van der Waals surface area contributed by atoms with Crippen LogP contribution in [0.3, 0.4) is 0 Å².